The summed E-state index contributed by atoms with van der Waals surface area (Å²) in [6.07, 6.45) is 1.57. The number of aromatic amines is 1. The standard InChI is InChI=1S/C16H14Cl2N4OS/c17-13-5-6-15(23-9-11-3-1-2-4-14(11)18)12(7-13)8-20-22-10-19-21-16(22)24/h1-7,10,20H,8-9H2,(H,21,24). The van der Waals surface area contributed by atoms with Crippen molar-refractivity contribution in [3.8, 4) is 5.75 Å². The van der Waals surface area contributed by atoms with Crippen molar-refractivity contribution in [1.29, 1.82) is 0 Å². The van der Waals surface area contributed by atoms with E-state index < -0.39 is 0 Å². The van der Waals surface area contributed by atoms with Gasteiger partial charge in [-0.15, -0.1) is 0 Å². The average molecular weight is 381 g/mol. The van der Waals surface area contributed by atoms with Crippen molar-refractivity contribution >= 4 is 35.4 Å². The Kier molecular flexibility index (Phi) is 5.40. The largest absolute Gasteiger partial charge is 0.488 e. The third-order valence-corrected chi connectivity index (χ3v) is 4.25. The summed E-state index contributed by atoms with van der Waals surface area (Å²) < 4.78 is 8.02. The van der Waals surface area contributed by atoms with Gasteiger partial charge in [-0.2, -0.15) is 5.10 Å². The number of ether oxygens (including phenoxy) is 1. The summed E-state index contributed by atoms with van der Waals surface area (Å²) in [5.41, 5.74) is 4.96. The zero-order valence-electron chi connectivity index (χ0n) is 12.5. The third kappa shape index (κ3) is 4.08. The van der Waals surface area contributed by atoms with E-state index in [4.69, 9.17) is 40.2 Å². The highest BCUT2D eigenvalue weighted by atomic mass is 35.5. The molecule has 0 saturated heterocycles. The van der Waals surface area contributed by atoms with Crippen molar-refractivity contribution in [1.82, 2.24) is 14.9 Å². The summed E-state index contributed by atoms with van der Waals surface area (Å²) in [6, 6.07) is 13.1. The predicted octanol–water partition coefficient (Wildman–Crippen LogP) is 4.57. The van der Waals surface area contributed by atoms with Crippen LogP contribution in [0.15, 0.2) is 48.8 Å². The fraction of sp³-hybridized carbons (Fsp3) is 0.125. The van der Waals surface area contributed by atoms with E-state index in [2.05, 4.69) is 15.6 Å². The first-order chi connectivity index (χ1) is 11.6. The van der Waals surface area contributed by atoms with Crippen LogP contribution in [-0.4, -0.2) is 14.9 Å². The molecule has 124 valence electrons. The molecule has 5 nitrogen and oxygen atoms in total. The molecule has 0 atom stereocenters. The van der Waals surface area contributed by atoms with Crippen LogP contribution >= 0.6 is 35.4 Å². The Balaban J connectivity index is 1.74. The Hall–Kier alpha value is -2.02. The van der Waals surface area contributed by atoms with Crippen LogP contribution in [0.4, 0.5) is 0 Å². The molecule has 0 spiro atoms. The van der Waals surface area contributed by atoms with Crippen LogP contribution in [0.3, 0.4) is 0 Å². The average Bonchev–Trinajstić information content (AvgIpc) is 2.98. The molecule has 2 aromatic carbocycles. The van der Waals surface area contributed by atoms with Gasteiger partial charge in [-0.1, -0.05) is 41.4 Å². The lowest BCUT2D eigenvalue weighted by atomic mass is 10.2. The molecule has 8 heteroatoms. The highest BCUT2D eigenvalue weighted by Crippen LogP contribution is 2.25. The van der Waals surface area contributed by atoms with E-state index in [1.165, 1.54) is 0 Å². The van der Waals surface area contributed by atoms with Crippen molar-refractivity contribution in [3.63, 3.8) is 0 Å². The first kappa shape index (κ1) is 16.8. The van der Waals surface area contributed by atoms with E-state index >= 15 is 0 Å². The quantitative estimate of drug-likeness (QED) is 0.615. The van der Waals surface area contributed by atoms with E-state index in [1.54, 1.807) is 17.1 Å². The van der Waals surface area contributed by atoms with Gasteiger partial charge in [0.1, 0.15) is 18.7 Å². The second-order valence-corrected chi connectivity index (χ2v) is 6.23. The smallest absolute Gasteiger partial charge is 0.214 e. The number of H-pyrrole nitrogens is 1. The van der Waals surface area contributed by atoms with Gasteiger partial charge in [0, 0.05) is 21.2 Å². The van der Waals surface area contributed by atoms with Gasteiger partial charge in [-0.3, -0.25) is 5.10 Å². The highest BCUT2D eigenvalue weighted by molar-refractivity contribution is 7.71. The van der Waals surface area contributed by atoms with E-state index in [1.807, 2.05) is 36.4 Å². The fourth-order valence-corrected chi connectivity index (χ4v) is 2.68. The number of nitrogens with one attached hydrogen (secondary N) is 2. The molecule has 24 heavy (non-hydrogen) atoms. The van der Waals surface area contributed by atoms with Gasteiger partial charge in [0.25, 0.3) is 0 Å². The van der Waals surface area contributed by atoms with Crippen LogP contribution in [0, 0.1) is 4.77 Å². The maximum absolute atomic E-state index is 6.16. The first-order valence-electron chi connectivity index (χ1n) is 7.14. The Morgan fingerprint density at radius 3 is 2.75 bits per heavy atom. The predicted molar refractivity (Wildman–Crippen MR) is 97.7 cm³/mol. The zero-order chi connectivity index (χ0) is 16.9. The lowest BCUT2D eigenvalue weighted by molar-refractivity contribution is 0.303. The minimum atomic E-state index is 0.374. The summed E-state index contributed by atoms with van der Waals surface area (Å²) >= 11 is 17.4. The fourth-order valence-electron chi connectivity index (χ4n) is 2.13. The van der Waals surface area contributed by atoms with Gasteiger partial charge in [0.05, 0.1) is 6.54 Å². The molecular formula is C16H14Cl2N4OS. The third-order valence-electron chi connectivity index (χ3n) is 3.36. The lowest BCUT2D eigenvalue weighted by Crippen LogP contribution is -2.14. The molecule has 0 radical (unpaired) electrons. The molecule has 0 aliphatic rings. The van der Waals surface area contributed by atoms with Gasteiger partial charge >= 0.3 is 0 Å². The lowest BCUT2D eigenvalue weighted by Gasteiger charge is -2.14. The van der Waals surface area contributed by atoms with Crippen molar-refractivity contribution < 1.29 is 4.74 Å². The molecule has 1 heterocycles. The van der Waals surface area contributed by atoms with Gasteiger partial charge in [0.15, 0.2) is 0 Å². The first-order valence-corrected chi connectivity index (χ1v) is 8.30. The molecule has 1 aromatic heterocycles. The van der Waals surface area contributed by atoms with E-state index in [-0.39, 0.29) is 0 Å². The summed E-state index contributed by atoms with van der Waals surface area (Å²) in [5.74, 6) is 0.724. The highest BCUT2D eigenvalue weighted by Gasteiger charge is 2.07. The maximum Gasteiger partial charge on any atom is 0.214 e. The van der Waals surface area contributed by atoms with Gasteiger partial charge < -0.3 is 10.2 Å². The van der Waals surface area contributed by atoms with E-state index in [0.29, 0.717) is 28.0 Å². The van der Waals surface area contributed by atoms with Crippen LogP contribution in [0.25, 0.3) is 0 Å². The van der Waals surface area contributed by atoms with Gasteiger partial charge in [-0.25, -0.2) is 4.68 Å². The van der Waals surface area contributed by atoms with Crippen LogP contribution in [0.5, 0.6) is 5.75 Å². The number of rotatable bonds is 6. The molecule has 0 aliphatic heterocycles. The number of nitrogens with zero attached hydrogens (tertiary/aromatic N) is 2. The summed E-state index contributed by atoms with van der Waals surface area (Å²) in [7, 11) is 0. The number of hydrogen-bond donors (Lipinski definition) is 2. The van der Waals surface area contributed by atoms with Crippen molar-refractivity contribution in [2.24, 2.45) is 0 Å². The van der Waals surface area contributed by atoms with Crippen LogP contribution < -0.4 is 10.2 Å². The number of aromatic nitrogens is 3. The topological polar surface area (TPSA) is 54.9 Å². The van der Waals surface area contributed by atoms with E-state index in [0.717, 1.165) is 16.9 Å². The maximum atomic E-state index is 6.16. The number of halogens is 2. The minimum Gasteiger partial charge on any atom is -0.488 e. The summed E-state index contributed by atoms with van der Waals surface area (Å²) in [5, 5.41) is 7.84. The van der Waals surface area contributed by atoms with Crippen molar-refractivity contribution in [3.05, 3.63) is 74.7 Å². The molecule has 0 bridgehead atoms. The van der Waals surface area contributed by atoms with Crippen LogP contribution in [0.2, 0.25) is 10.0 Å². The van der Waals surface area contributed by atoms with Crippen LogP contribution in [-0.2, 0) is 13.2 Å². The van der Waals surface area contributed by atoms with Gasteiger partial charge in [0.2, 0.25) is 4.77 Å². The molecule has 0 amide bonds. The molecule has 3 rings (SSSR count). The van der Waals surface area contributed by atoms with E-state index in [9.17, 15) is 0 Å². The molecule has 0 unspecified atom stereocenters. The second kappa shape index (κ2) is 7.70. The van der Waals surface area contributed by atoms with Crippen molar-refractivity contribution in [2.45, 2.75) is 13.2 Å². The Morgan fingerprint density at radius 1 is 1.17 bits per heavy atom. The molecule has 0 saturated carbocycles. The number of hydrogen-bond acceptors (Lipinski definition) is 4. The summed E-state index contributed by atoms with van der Waals surface area (Å²) in [6.45, 7) is 0.853. The monoisotopic (exact) mass is 380 g/mol. The summed E-state index contributed by atoms with van der Waals surface area (Å²) in [4.78, 5) is 0. The minimum absolute atomic E-state index is 0.374. The molecule has 0 aliphatic carbocycles. The Morgan fingerprint density at radius 2 is 2.00 bits per heavy atom. The Labute approximate surface area is 154 Å². The number of benzene rings is 2. The van der Waals surface area contributed by atoms with Crippen LogP contribution in [0.1, 0.15) is 11.1 Å². The normalized spacial score (nSPS) is 10.6. The van der Waals surface area contributed by atoms with Crippen molar-refractivity contribution in [2.75, 3.05) is 5.43 Å². The molecule has 3 aromatic rings. The molecular weight excluding hydrogens is 367 g/mol. The Bertz CT molecular complexity index is 894. The molecule has 2 N–H and O–H groups in total. The SMILES string of the molecule is S=c1[nH]ncn1NCc1cc(Cl)ccc1OCc1ccccc1Cl. The van der Waals surface area contributed by atoms with Gasteiger partial charge in [-0.05, 0) is 36.5 Å². The zero-order valence-corrected chi connectivity index (χ0v) is 14.8. The second-order valence-electron chi connectivity index (χ2n) is 5.00. The molecule has 0 fully saturated rings.